The van der Waals surface area contributed by atoms with Crippen LogP contribution in [-0.2, 0) is 23.9 Å². The summed E-state index contributed by atoms with van der Waals surface area (Å²) in [6, 6.07) is 4.77. The highest BCUT2D eigenvalue weighted by Gasteiger charge is 2.41. The molecule has 9 heteroatoms. The monoisotopic (exact) mass is 475 g/mol. The highest BCUT2D eigenvalue weighted by molar-refractivity contribution is 5.91. The highest BCUT2D eigenvalue weighted by atomic mass is 16.6. The van der Waals surface area contributed by atoms with Crippen molar-refractivity contribution < 1.29 is 28.7 Å². The minimum absolute atomic E-state index is 0.0384. The van der Waals surface area contributed by atoms with Gasteiger partial charge in [0.1, 0.15) is 18.2 Å². The Kier molecular flexibility index (Phi) is 9.46. The molecule has 3 amide bonds. The number of esters is 1. The molecule has 2 N–H and O–H groups in total. The smallest absolute Gasteiger partial charge is 0.408 e. The summed E-state index contributed by atoms with van der Waals surface area (Å²) in [5.74, 6) is -1.15. The first-order valence-corrected chi connectivity index (χ1v) is 11.7. The summed E-state index contributed by atoms with van der Waals surface area (Å²) in [5, 5.41) is 5.29. The number of ether oxygens (including phenoxy) is 2. The van der Waals surface area contributed by atoms with E-state index in [0.29, 0.717) is 5.56 Å². The Labute approximate surface area is 201 Å². The van der Waals surface area contributed by atoms with Crippen LogP contribution < -0.4 is 10.6 Å². The lowest BCUT2D eigenvalue weighted by atomic mass is 9.96. The minimum Gasteiger partial charge on any atom is -0.466 e. The van der Waals surface area contributed by atoms with Gasteiger partial charge >= 0.3 is 12.1 Å². The number of carbonyl (C=O) groups excluding carboxylic acids is 4. The maximum absolute atomic E-state index is 13.4. The molecule has 9 nitrogen and oxygen atoms in total. The summed E-state index contributed by atoms with van der Waals surface area (Å²) in [5.41, 5.74) is 1.85. The lowest BCUT2D eigenvalue weighted by molar-refractivity contribution is -0.144. The van der Waals surface area contributed by atoms with Crippen LogP contribution >= 0.6 is 0 Å². The van der Waals surface area contributed by atoms with Gasteiger partial charge in [0.05, 0.1) is 13.0 Å². The second-order valence-electron chi connectivity index (χ2n) is 9.50. The fourth-order valence-corrected chi connectivity index (χ4v) is 3.55. The van der Waals surface area contributed by atoms with E-state index in [0.717, 1.165) is 24.0 Å². The number of alkyl carbamates (subject to hydrolysis) is 1. The average Bonchev–Trinajstić information content (AvgIpc) is 3.56. The van der Waals surface area contributed by atoms with Crippen molar-refractivity contribution >= 4 is 23.9 Å². The van der Waals surface area contributed by atoms with Gasteiger partial charge in [-0.3, -0.25) is 14.4 Å². The lowest BCUT2D eigenvalue weighted by Crippen LogP contribution is -2.49. The van der Waals surface area contributed by atoms with Crippen LogP contribution in [-0.4, -0.2) is 60.1 Å². The van der Waals surface area contributed by atoms with E-state index >= 15 is 0 Å². The number of nitrogens with zero attached hydrogens (tertiary/aromatic N) is 1. The van der Waals surface area contributed by atoms with Crippen LogP contribution in [0.4, 0.5) is 4.79 Å². The van der Waals surface area contributed by atoms with E-state index in [2.05, 4.69) is 10.6 Å². The SMILES string of the molecule is CCOC(=O)CCNC(=O)C(c1cc(C)ccc1C)N(C(=O)CNC(=O)OC(C)(C)C)C1CC1. The molecule has 1 atom stereocenters. The highest BCUT2D eigenvalue weighted by Crippen LogP contribution is 2.36. The predicted molar refractivity (Wildman–Crippen MR) is 127 cm³/mol. The zero-order chi connectivity index (χ0) is 25.5. The topological polar surface area (TPSA) is 114 Å². The second kappa shape index (κ2) is 11.9. The Bertz CT molecular complexity index is 904. The van der Waals surface area contributed by atoms with Crippen LogP contribution in [0.5, 0.6) is 0 Å². The first kappa shape index (κ1) is 27.1. The molecule has 0 aliphatic heterocycles. The normalized spacial score (nSPS) is 14.1. The van der Waals surface area contributed by atoms with Gasteiger partial charge in [0.2, 0.25) is 11.8 Å². The number of amides is 3. The van der Waals surface area contributed by atoms with Crippen LogP contribution in [0.25, 0.3) is 0 Å². The molecule has 0 bridgehead atoms. The van der Waals surface area contributed by atoms with Gasteiger partial charge in [0.25, 0.3) is 0 Å². The first-order chi connectivity index (χ1) is 15.9. The van der Waals surface area contributed by atoms with E-state index in [4.69, 9.17) is 9.47 Å². The van der Waals surface area contributed by atoms with Crippen LogP contribution in [0.1, 0.15) is 69.7 Å². The molecule has 1 unspecified atom stereocenters. The van der Waals surface area contributed by atoms with Gasteiger partial charge < -0.3 is 25.0 Å². The molecule has 0 radical (unpaired) electrons. The third-order valence-corrected chi connectivity index (χ3v) is 5.20. The van der Waals surface area contributed by atoms with Gasteiger partial charge in [0, 0.05) is 12.6 Å². The van der Waals surface area contributed by atoms with Crippen molar-refractivity contribution in [2.24, 2.45) is 0 Å². The number of carbonyl (C=O) groups is 4. The van der Waals surface area contributed by atoms with Crippen LogP contribution in [0, 0.1) is 13.8 Å². The molecule has 0 saturated heterocycles. The molecule has 34 heavy (non-hydrogen) atoms. The van der Waals surface area contributed by atoms with E-state index in [1.807, 2.05) is 32.0 Å². The van der Waals surface area contributed by atoms with Crippen molar-refractivity contribution in [3.8, 4) is 0 Å². The minimum atomic E-state index is -0.887. The third-order valence-electron chi connectivity index (χ3n) is 5.20. The maximum atomic E-state index is 13.4. The van der Waals surface area contributed by atoms with Crippen molar-refractivity contribution in [3.05, 3.63) is 34.9 Å². The Morgan fingerprint density at radius 3 is 2.38 bits per heavy atom. The molecule has 1 aliphatic rings. The number of hydrogen-bond donors (Lipinski definition) is 2. The van der Waals surface area contributed by atoms with E-state index in [9.17, 15) is 19.2 Å². The fourth-order valence-electron chi connectivity index (χ4n) is 3.55. The molecule has 0 heterocycles. The van der Waals surface area contributed by atoms with Crippen molar-refractivity contribution in [1.82, 2.24) is 15.5 Å². The molecule has 1 aromatic rings. The van der Waals surface area contributed by atoms with E-state index in [1.54, 1.807) is 32.6 Å². The Hall–Kier alpha value is -3.10. The number of nitrogens with one attached hydrogen (secondary N) is 2. The van der Waals surface area contributed by atoms with Crippen molar-refractivity contribution in [2.75, 3.05) is 19.7 Å². The van der Waals surface area contributed by atoms with Gasteiger partial charge in [-0.25, -0.2) is 4.79 Å². The summed E-state index contributed by atoms with van der Waals surface area (Å²) >= 11 is 0. The molecule has 188 valence electrons. The van der Waals surface area contributed by atoms with Gasteiger partial charge in [-0.1, -0.05) is 23.8 Å². The van der Waals surface area contributed by atoms with E-state index < -0.39 is 23.7 Å². The predicted octanol–water partition coefficient (Wildman–Crippen LogP) is 2.93. The van der Waals surface area contributed by atoms with Gasteiger partial charge in [-0.05, 0) is 65.5 Å². The number of benzene rings is 1. The number of hydrogen-bond acceptors (Lipinski definition) is 6. The molecule has 1 fully saturated rings. The number of aryl methyl sites for hydroxylation is 2. The summed E-state index contributed by atoms with van der Waals surface area (Å²) in [6.45, 7) is 10.8. The van der Waals surface area contributed by atoms with Gasteiger partial charge in [-0.15, -0.1) is 0 Å². The average molecular weight is 476 g/mol. The van der Waals surface area contributed by atoms with Crippen molar-refractivity contribution in [2.45, 2.75) is 78.5 Å². The van der Waals surface area contributed by atoms with Gasteiger partial charge in [0.15, 0.2) is 0 Å². The molecule has 0 spiro atoms. The quantitative estimate of drug-likeness (QED) is 0.503. The third kappa shape index (κ3) is 8.35. The summed E-state index contributed by atoms with van der Waals surface area (Å²) in [7, 11) is 0. The van der Waals surface area contributed by atoms with Crippen LogP contribution in [0.2, 0.25) is 0 Å². The summed E-state index contributed by atoms with van der Waals surface area (Å²) in [4.78, 5) is 52.0. The standard InChI is InChI=1S/C25H37N3O6/c1-7-33-21(30)12-13-26-23(31)22(19-14-16(2)8-9-17(19)3)28(18-10-11-18)20(29)15-27-24(32)34-25(4,5)6/h8-9,14,18,22H,7,10-13,15H2,1-6H3,(H,26,31)(H,27,32). The Balaban J connectivity index is 2.24. The van der Waals surface area contributed by atoms with Crippen LogP contribution in [0.3, 0.4) is 0 Å². The zero-order valence-corrected chi connectivity index (χ0v) is 21.0. The molecule has 1 aliphatic carbocycles. The Morgan fingerprint density at radius 2 is 1.79 bits per heavy atom. The first-order valence-electron chi connectivity index (χ1n) is 11.7. The van der Waals surface area contributed by atoms with Crippen molar-refractivity contribution in [1.29, 1.82) is 0 Å². The summed E-state index contributed by atoms with van der Waals surface area (Å²) < 4.78 is 10.1. The molecule has 1 aromatic carbocycles. The fraction of sp³-hybridized carbons (Fsp3) is 0.600. The number of rotatable bonds is 10. The summed E-state index contributed by atoms with van der Waals surface area (Å²) in [6.07, 6.45) is 0.890. The van der Waals surface area contributed by atoms with E-state index in [1.165, 1.54) is 0 Å². The van der Waals surface area contributed by atoms with E-state index in [-0.39, 0.29) is 44.0 Å². The zero-order valence-electron chi connectivity index (χ0n) is 21.0. The Morgan fingerprint density at radius 1 is 1.12 bits per heavy atom. The molecular formula is C25H37N3O6. The molecular weight excluding hydrogens is 438 g/mol. The second-order valence-corrected chi connectivity index (χ2v) is 9.50. The molecule has 2 rings (SSSR count). The molecule has 1 saturated carbocycles. The van der Waals surface area contributed by atoms with Gasteiger partial charge in [-0.2, -0.15) is 0 Å². The lowest BCUT2D eigenvalue weighted by Gasteiger charge is -2.33. The van der Waals surface area contributed by atoms with Crippen molar-refractivity contribution in [3.63, 3.8) is 0 Å². The largest absolute Gasteiger partial charge is 0.466 e. The molecule has 0 aromatic heterocycles. The maximum Gasteiger partial charge on any atom is 0.408 e. The van der Waals surface area contributed by atoms with Crippen LogP contribution in [0.15, 0.2) is 18.2 Å².